The summed E-state index contributed by atoms with van der Waals surface area (Å²) in [7, 11) is 5.79. The quantitative estimate of drug-likeness (QED) is 0.507. The van der Waals surface area contributed by atoms with E-state index in [1.54, 1.807) is 23.7 Å². The highest BCUT2D eigenvalue weighted by molar-refractivity contribution is 6.35. The van der Waals surface area contributed by atoms with E-state index in [0.29, 0.717) is 27.6 Å². The fourth-order valence-corrected chi connectivity index (χ4v) is 3.22. The van der Waals surface area contributed by atoms with E-state index in [4.69, 9.17) is 27.8 Å². The molecule has 0 saturated heterocycles. The third kappa shape index (κ3) is 4.27. The van der Waals surface area contributed by atoms with Crippen LogP contribution in [0.25, 0.3) is 10.9 Å². The Balaban J connectivity index is 1.92. The molecule has 0 spiro atoms. The summed E-state index contributed by atoms with van der Waals surface area (Å²) in [6, 6.07) is 13.1. The zero-order valence-corrected chi connectivity index (χ0v) is 16.7. The smallest absolute Gasteiger partial charge is 0.296 e. The number of amides is 1. The highest BCUT2D eigenvalue weighted by Crippen LogP contribution is 2.33. The first kappa shape index (κ1) is 19.7. The summed E-state index contributed by atoms with van der Waals surface area (Å²) in [6.45, 7) is 0.855. The van der Waals surface area contributed by atoms with Gasteiger partial charge in [0.15, 0.2) is 5.96 Å². The fourth-order valence-electron chi connectivity index (χ4n) is 2.97. The van der Waals surface area contributed by atoms with Crippen molar-refractivity contribution in [2.45, 2.75) is 6.54 Å². The first-order valence-electron chi connectivity index (χ1n) is 8.59. The van der Waals surface area contributed by atoms with Crippen LogP contribution in [0.15, 0.2) is 47.5 Å². The summed E-state index contributed by atoms with van der Waals surface area (Å²) < 4.78 is 7.64. The number of aromatic nitrogens is 1. The van der Waals surface area contributed by atoms with E-state index in [1.807, 2.05) is 44.4 Å². The number of nitrogens with zero attached hydrogens (tertiary/aromatic N) is 3. The monoisotopic (exact) mass is 399 g/mol. The van der Waals surface area contributed by atoms with E-state index in [2.05, 4.69) is 9.89 Å². The molecule has 8 heteroatoms. The Morgan fingerprint density at radius 2 is 1.82 bits per heavy atom. The number of rotatable bonds is 5. The molecule has 0 fully saturated rings. The second-order valence-electron chi connectivity index (χ2n) is 6.75. The van der Waals surface area contributed by atoms with E-state index in [-0.39, 0.29) is 5.96 Å². The molecule has 1 amide bonds. The summed E-state index contributed by atoms with van der Waals surface area (Å²) in [5.41, 5.74) is 12.9. The third-order valence-corrected chi connectivity index (χ3v) is 4.51. The van der Waals surface area contributed by atoms with Gasteiger partial charge in [0, 0.05) is 31.1 Å². The van der Waals surface area contributed by atoms with E-state index in [9.17, 15) is 4.79 Å². The molecule has 3 rings (SSSR count). The van der Waals surface area contributed by atoms with Gasteiger partial charge in [-0.15, -0.1) is 0 Å². The SMILES string of the molecule is CN(C)Cc1ccc(Oc2cc(Cl)c3cc(C(=O)N=C(N)N)n(C)c3c2)cc1. The molecule has 28 heavy (non-hydrogen) atoms. The zero-order chi connectivity index (χ0) is 20.4. The number of carbonyl (C=O) groups excluding carboxylic acids is 1. The van der Waals surface area contributed by atoms with Gasteiger partial charge in [0.05, 0.1) is 10.5 Å². The summed E-state index contributed by atoms with van der Waals surface area (Å²) in [5.74, 6) is 0.445. The molecule has 3 aromatic rings. The van der Waals surface area contributed by atoms with Crippen LogP contribution in [0.3, 0.4) is 0 Å². The van der Waals surface area contributed by atoms with Gasteiger partial charge in [-0.3, -0.25) is 4.79 Å². The molecule has 2 aromatic carbocycles. The van der Waals surface area contributed by atoms with Crippen LogP contribution in [0.4, 0.5) is 0 Å². The maximum absolute atomic E-state index is 12.2. The largest absolute Gasteiger partial charge is 0.457 e. The summed E-state index contributed by atoms with van der Waals surface area (Å²) in [5, 5.41) is 1.18. The number of hydrogen-bond donors (Lipinski definition) is 2. The number of benzene rings is 2. The minimum Gasteiger partial charge on any atom is -0.457 e. The second-order valence-corrected chi connectivity index (χ2v) is 7.16. The van der Waals surface area contributed by atoms with Gasteiger partial charge in [-0.05, 0) is 37.9 Å². The molecular formula is C20H22ClN5O2. The molecule has 1 heterocycles. The van der Waals surface area contributed by atoms with E-state index < -0.39 is 5.91 Å². The van der Waals surface area contributed by atoms with Crippen molar-refractivity contribution in [3.8, 4) is 11.5 Å². The molecule has 146 valence electrons. The van der Waals surface area contributed by atoms with Gasteiger partial charge in [-0.1, -0.05) is 23.7 Å². The van der Waals surface area contributed by atoms with Crippen LogP contribution in [-0.2, 0) is 13.6 Å². The first-order chi connectivity index (χ1) is 13.2. The number of nitrogens with two attached hydrogens (primary N) is 2. The highest BCUT2D eigenvalue weighted by Gasteiger charge is 2.16. The van der Waals surface area contributed by atoms with Crippen LogP contribution in [0, 0.1) is 0 Å². The first-order valence-corrected chi connectivity index (χ1v) is 8.97. The molecule has 0 atom stereocenters. The zero-order valence-electron chi connectivity index (χ0n) is 15.9. The van der Waals surface area contributed by atoms with Crippen molar-refractivity contribution in [1.82, 2.24) is 9.47 Å². The number of guanidine groups is 1. The number of hydrogen-bond acceptors (Lipinski definition) is 3. The molecule has 0 aliphatic rings. The molecule has 1 aromatic heterocycles. The van der Waals surface area contributed by atoms with E-state index in [1.165, 1.54) is 5.56 Å². The molecule has 4 N–H and O–H groups in total. The van der Waals surface area contributed by atoms with Gasteiger partial charge in [-0.25, -0.2) is 0 Å². The Hall–Kier alpha value is -3.03. The molecule has 0 aliphatic heterocycles. The maximum Gasteiger partial charge on any atom is 0.296 e. The average molecular weight is 400 g/mol. The number of aliphatic imine (C=N–C) groups is 1. The van der Waals surface area contributed by atoms with Crippen molar-refractivity contribution < 1.29 is 9.53 Å². The van der Waals surface area contributed by atoms with Crippen molar-refractivity contribution in [3.63, 3.8) is 0 Å². The van der Waals surface area contributed by atoms with Gasteiger partial charge < -0.3 is 25.7 Å². The minimum atomic E-state index is -0.534. The van der Waals surface area contributed by atoms with Gasteiger partial charge in [0.1, 0.15) is 17.2 Å². The van der Waals surface area contributed by atoms with E-state index in [0.717, 1.165) is 12.1 Å². The fraction of sp³-hybridized carbons (Fsp3) is 0.200. The Labute approximate surface area is 168 Å². The van der Waals surface area contributed by atoms with Crippen LogP contribution >= 0.6 is 11.6 Å². The lowest BCUT2D eigenvalue weighted by atomic mass is 10.2. The number of ether oxygens (including phenoxy) is 1. The number of aryl methyl sites for hydroxylation is 1. The summed E-state index contributed by atoms with van der Waals surface area (Å²) in [6.07, 6.45) is 0. The van der Waals surface area contributed by atoms with Crippen LogP contribution in [0.1, 0.15) is 16.1 Å². The molecule has 0 aliphatic carbocycles. The molecule has 0 radical (unpaired) electrons. The average Bonchev–Trinajstić information content (AvgIpc) is 2.93. The highest BCUT2D eigenvalue weighted by atomic mass is 35.5. The molecule has 0 saturated carbocycles. The lowest BCUT2D eigenvalue weighted by molar-refractivity contribution is 0.0995. The Morgan fingerprint density at radius 3 is 2.43 bits per heavy atom. The lowest BCUT2D eigenvalue weighted by Gasteiger charge is -2.11. The molecule has 7 nitrogen and oxygen atoms in total. The lowest BCUT2D eigenvalue weighted by Crippen LogP contribution is -2.24. The van der Waals surface area contributed by atoms with Gasteiger partial charge >= 0.3 is 0 Å². The Bertz CT molecular complexity index is 1050. The second kappa shape index (κ2) is 7.92. The number of carbonyl (C=O) groups is 1. The van der Waals surface area contributed by atoms with Crippen molar-refractivity contribution in [2.24, 2.45) is 23.5 Å². The molecule has 0 unspecified atom stereocenters. The normalized spacial score (nSPS) is 11.0. The predicted molar refractivity (Wildman–Crippen MR) is 112 cm³/mol. The predicted octanol–water partition coefficient (Wildman–Crippen LogP) is 3.10. The number of fused-ring (bicyclic) bond motifs is 1. The van der Waals surface area contributed by atoms with Gasteiger partial charge in [-0.2, -0.15) is 4.99 Å². The Morgan fingerprint density at radius 1 is 1.14 bits per heavy atom. The molecular weight excluding hydrogens is 378 g/mol. The van der Waals surface area contributed by atoms with Gasteiger partial charge in [0.2, 0.25) is 0 Å². The van der Waals surface area contributed by atoms with Crippen molar-refractivity contribution in [1.29, 1.82) is 0 Å². The standard InChI is InChI=1S/C20H22ClN5O2/c1-25(2)11-12-4-6-13(7-5-12)28-14-8-16(21)15-10-18(19(27)24-20(22)23)26(3)17(15)9-14/h4-10H,11H2,1-3H3,(H4,22,23,24,27). The maximum atomic E-state index is 12.2. The topological polar surface area (TPSA) is 98.9 Å². The van der Waals surface area contributed by atoms with Crippen LogP contribution < -0.4 is 16.2 Å². The van der Waals surface area contributed by atoms with E-state index >= 15 is 0 Å². The van der Waals surface area contributed by atoms with Crippen LogP contribution in [0.2, 0.25) is 5.02 Å². The van der Waals surface area contributed by atoms with Gasteiger partial charge in [0.25, 0.3) is 5.91 Å². The third-order valence-electron chi connectivity index (χ3n) is 4.19. The summed E-state index contributed by atoms with van der Waals surface area (Å²) in [4.78, 5) is 17.9. The van der Waals surface area contributed by atoms with Crippen molar-refractivity contribution in [3.05, 3.63) is 58.7 Å². The van der Waals surface area contributed by atoms with Crippen LogP contribution in [-0.4, -0.2) is 35.4 Å². The van der Waals surface area contributed by atoms with Crippen molar-refractivity contribution >= 4 is 34.4 Å². The van der Waals surface area contributed by atoms with Crippen molar-refractivity contribution in [2.75, 3.05) is 14.1 Å². The Kier molecular flexibility index (Phi) is 5.58. The van der Waals surface area contributed by atoms with Crippen LogP contribution in [0.5, 0.6) is 11.5 Å². The number of halogens is 1. The molecule has 0 bridgehead atoms. The summed E-state index contributed by atoms with van der Waals surface area (Å²) >= 11 is 6.41. The minimum absolute atomic E-state index is 0.289.